The van der Waals surface area contributed by atoms with E-state index in [0.29, 0.717) is 24.9 Å². The van der Waals surface area contributed by atoms with Gasteiger partial charge in [0.2, 0.25) is 0 Å². The van der Waals surface area contributed by atoms with Crippen molar-refractivity contribution < 1.29 is 33.3 Å². The lowest BCUT2D eigenvalue weighted by atomic mass is 10.0. The molecule has 32 heavy (non-hydrogen) atoms. The van der Waals surface area contributed by atoms with Gasteiger partial charge >= 0.3 is 12.2 Å². The minimum atomic E-state index is -4.51. The Morgan fingerprint density at radius 2 is 2.00 bits per heavy atom. The molecule has 2 aromatic heterocycles. The quantitative estimate of drug-likeness (QED) is 0.531. The van der Waals surface area contributed by atoms with Gasteiger partial charge in [-0.25, -0.2) is 9.78 Å². The third kappa shape index (κ3) is 5.54. The first-order chi connectivity index (χ1) is 15.1. The summed E-state index contributed by atoms with van der Waals surface area (Å²) in [7, 11) is 0. The van der Waals surface area contributed by atoms with Crippen molar-refractivity contribution in [1.82, 2.24) is 14.9 Å². The molecule has 0 saturated carbocycles. The smallest absolute Gasteiger partial charge is 0.394 e. The number of pyridine rings is 2. The van der Waals surface area contributed by atoms with Gasteiger partial charge in [0.25, 0.3) is 0 Å². The largest absolute Gasteiger partial charge is 0.417 e. The summed E-state index contributed by atoms with van der Waals surface area (Å²) in [6.45, 7) is -0.0943. The van der Waals surface area contributed by atoms with Crippen molar-refractivity contribution in [2.75, 3.05) is 25.0 Å². The van der Waals surface area contributed by atoms with E-state index in [-0.39, 0.29) is 22.9 Å². The van der Waals surface area contributed by atoms with Gasteiger partial charge in [0.05, 0.1) is 22.9 Å². The number of hydrogen-bond acceptors (Lipinski definition) is 6. The number of nitrogens with one attached hydrogen (secondary N) is 1. The molecule has 3 heterocycles. The highest BCUT2D eigenvalue weighted by Gasteiger charge is 2.31. The summed E-state index contributed by atoms with van der Waals surface area (Å²) in [5.74, 6) is 0.00157. The molecular formula is C20H20ClF3N4O4. The number of halogens is 4. The number of amides is 2. The van der Waals surface area contributed by atoms with Crippen LogP contribution in [-0.2, 0) is 6.18 Å². The summed E-state index contributed by atoms with van der Waals surface area (Å²) in [5.41, 5.74) is 0.581. The normalized spacial score (nSPS) is 16.3. The number of aliphatic hydroxyl groups is 3. The molecule has 2 atom stereocenters. The number of anilines is 1. The van der Waals surface area contributed by atoms with Crippen LogP contribution in [0, 0.1) is 0 Å². The molecule has 3 rings (SSSR count). The van der Waals surface area contributed by atoms with E-state index in [9.17, 15) is 28.2 Å². The van der Waals surface area contributed by atoms with Crippen LogP contribution >= 0.6 is 11.6 Å². The lowest BCUT2D eigenvalue weighted by Crippen LogP contribution is -2.38. The van der Waals surface area contributed by atoms with Crippen molar-refractivity contribution in [1.29, 1.82) is 0 Å². The molecule has 0 radical (unpaired) electrons. The highest BCUT2D eigenvalue weighted by atomic mass is 35.5. The van der Waals surface area contributed by atoms with E-state index in [2.05, 4.69) is 15.3 Å². The summed E-state index contributed by atoms with van der Waals surface area (Å²) in [4.78, 5) is 21.7. The average molecular weight is 473 g/mol. The number of urea groups is 1. The van der Waals surface area contributed by atoms with E-state index in [1.807, 2.05) is 0 Å². The predicted molar refractivity (Wildman–Crippen MR) is 110 cm³/mol. The zero-order valence-corrected chi connectivity index (χ0v) is 17.3. The SMILES string of the molecule is O=C(Nc1ccc(C(F)(F)F)cn1)N1CC=C(c2ncc([C@H](O)[C@@H](O)CO)cc2Cl)CC1. The Labute approximate surface area is 186 Å². The molecule has 4 N–H and O–H groups in total. The fourth-order valence-corrected chi connectivity index (χ4v) is 3.36. The molecule has 0 bridgehead atoms. The number of aromatic nitrogens is 2. The average Bonchev–Trinajstić information content (AvgIpc) is 2.77. The van der Waals surface area contributed by atoms with E-state index >= 15 is 0 Å². The molecule has 0 spiro atoms. The highest BCUT2D eigenvalue weighted by Crippen LogP contribution is 2.30. The van der Waals surface area contributed by atoms with Crippen LogP contribution in [0.2, 0.25) is 5.02 Å². The van der Waals surface area contributed by atoms with Gasteiger partial charge in [-0.15, -0.1) is 0 Å². The Morgan fingerprint density at radius 3 is 2.53 bits per heavy atom. The van der Waals surface area contributed by atoms with Crippen LogP contribution in [0.1, 0.15) is 29.3 Å². The van der Waals surface area contributed by atoms with E-state index in [0.717, 1.165) is 17.7 Å². The Morgan fingerprint density at radius 1 is 1.25 bits per heavy atom. The van der Waals surface area contributed by atoms with Gasteiger partial charge in [0, 0.05) is 31.0 Å². The number of hydrogen-bond donors (Lipinski definition) is 4. The standard InChI is InChI=1S/C20H20ClF3N4O4/c21-14-7-12(18(31)15(30)10-29)8-26-17(14)11-3-5-28(6-4-11)19(32)27-16-2-1-13(9-25-16)20(22,23)24/h1-3,7-9,15,18,29-31H,4-6,10H2,(H,25,27,32)/t15-,18-/m0/s1. The highest BCUT2D eigenvalue weighted by molar-refractivity contribution is 6.32. The Balaban J connectivity index is 1.63. The molecule has 0 unspecified atom stereocenters. The number of rotatable bonds is 5. The Kier molecular flexibility index (Phi) is 7.34. The van der Waals surface area contributed by atoms with Crippen LogP contribution in [0.3, 0.4) is 0 Å². The third-order valence-corrected chi connectivity index (χ3v) is 5.17. The van der Waals surface area contributed by atoms with Gasteiger partial charge < -0.3 is 20.2 Å². The fourth-order valence-electron chi connectivity index (χ4n) is 3.07. The second kappa shape index (κ2) is 9.82. The van der Waals surface area contributed by atoms with Gasteiger partial charge in [-0.2, -0.15) is 13.2 Å². The van der Waals surface area contributed by atoms with E-state index in [4.69, 9.17) is 16.7 Å². The molecule has 12 heteroatoms. The van der Waals surface area contributed by atoms with Crippen molar-refractivity contribution in [2.24, 2.45) is 0 Å². The van der Waals surface area contributed by atoms with E-state index < -0.39 is 36.6 Å². The number of carbonyl (C=O) groups is 1. The maximum atomic E-state index is 12.6. The molecular weight excluding hydrogens is 453 g/mol. The van der Waals surface area contributed by atoms with Crippen molar-refractivity contribution in [3.63, 3.8) is 0 Å². The van der Waals surface area contributed by atoms with Crippen LogP contribution in [0.5, 0.6) is 0 Å². The second-order valence-corrected chi connectivity index (χ2v) is 7.49. The molecule has 0 aliphatic carbocycles. The predicted octanol–water partition coefficient (Wildman–Crippen LogP) is 2.86. The molecule has 2 amide bonds. The van der Waals surface area contributed by atoms with Gasteiger partial charge in [0.15, 0.2) is 0 Å². The zero-order valence-electron chi connectivity index (χ0n) is 16.6. The van der Waals surface area contributed by atoms with Crippen molar-refractivity contribution in [3.05, 3.63) is 58.5 Å². The fraction of sp³-hybridized carbons (Fsp3) is 0.350. The Hall–Kier alpha value is -2.73. The number of aliphatic hydroxyl groups excluding tert-OH is 3. The molecule has 0 saturated heterocycles. The molecule has 0 aromatic carbocycles. The Bertz CT molecular complexity index is 1000. The van der Waals surface area contributed by atoms with Gasteiger partial charge in [-0.1, -0.05) is 17.7 Å². The van der Waals surface area contributed by atoms with Crippen molar-refractivity contribution >= 4 is 29.0 Å². The van der Waals surface area contributed by atoms with Crippen LogP contribution < -0.4 is 5.32 Å². The first kappa shape index (κ1) is 23.9. The molecule has 2 aromatic rings. The first-order valence-electron chi connectivity index (χ1n) is 9.51. The number of carbonyl (C=O) groups excluding carboxylic acids is 1. The maximum Gasteiger partial charge on any atom is 0.417 e. The van der Waals surface area contributed by atoms with Crippen molar-refractivity contribution in [2.45, 2.75) is 24.8 Å². The van der Waals surface area contributed by atoms with Gasteiger partial charge in [-0.05, 0) is 30.2 Å². The van der Waals surface area contributed by atoms with Crippen LogP contribution in [-0.4, -0.2) is 62.0 Å². The number of alkyl halides is 3. The summed E-state index contributed by atoms with van der Waals surface area (Å²) < 4.78 is 37.8. The minimum Gasteiger partial charge on any atom is -0.394 e. The number of nitrogens with zero attached hydrogens (tertiary/aromatic N) is 3. The molecule has 1 aliphatic rings. The van der Waals surface area contributed by atoms with Crippen molar-refractivity contribution in [3.8, 4) is 0 Å². The van der Waals surface area contributed by atoms with Crippen LogP contribution in [0.25, 0.3) is 5.57 Å². The maximum absolute atomic E-state index is 12.6. The monoisotopic (exact) mass is 472 g/mol. The summed E-state index contributed by atoms with van der Waals surface area (Å²) in [6, 6.07) is 2.86. The van der Waals surface area contributed by atoms with Gasteiger partial charge in [0.1, 0.15) is 18.0 Å². The van der Waals surface area contributed by atoms with E-state index in [1.165, 1.54) is 17.2 Å². The van der Waals surface area contributed by atoms with Crippen LogP contribution in [0.15, 0.2) is 36.7 Å². The summed E-state index contributed by atoms with van der Waals surface area (Å²) in [6.07, 6.45) is -3.04. The molecule has 172 valence electrons. The minimum absolute atomic E-state index is 0.00157. The summed E-state index contributed by atoms with van der Waals surface area (Å²) in [5, 5.41) is 31.1. The molecule has 1 aliphatic heterocycles. The van der Waals surface area contributed by atoms with Crippen LogP contribution in [0.4, 0.5) is 23.8 Å². The molecule has 0 fully saturated rings. The topological polar surface area (TPSA) is 119 Å². The lowest BCUT2D eigenvalue weighted by molar-refractivity contribution is -0.137. The summed E-state index contributed by atoms with van der Waals surface area (Å²) >= 11 is 6.27. The third-order valence-electron chi connectivity index (χ3n) is 4.88. The zero-order chi connectivity index (χ0) is 23.5. The first-order valence-corrected chi connectivity index (χ1v) is 9.89. The lowest BCUT2D eigenvalue weighted by Gasteiger charge is -2.27. The van der Waals surface area contributed by atoms with Gasteiger partial charge in [-0.3, -0.25) is 10.3 Å². The molecule has 8 nitrogen and oxygen atoms in total. The second-order valence-electron chi connectivity index (χ2n) is 7.08. The van der Waals surface area contributed by atoms with E-state index in [1.54, 1.807) is 6.08 Å².